The van der Waals surface area contributed by atoms with Crippen molar-refractivity contribution in [2.45, 2.75) is 6.54 Å². The molecule has 6 heteroatoms. The number of urea groups is 1. The molecule has 0 aliphatic carbocycles. The highest BCUT2D eigenvalue weighted by Gasteiger charge is 2.01. The number of H-pyrrole nitrogens is 1. The molecule has 0 spiro atoms. The highest BCUT2D eigenvalue weighted by molar-refractivity contribution is 5.73. The van der Waals surface area contributed by atoms with Gasteiger partial charge in [0.25, 0.3) is 0 Å². The zero-order valence-electron chi connectivity index (χ0n) is 6.72. The second-order valence-corrected chi connectivity index (χ2v) is 2.24. The van der Waals surface area contributed by atoms with E-state index in [-0.39, 0.29) is 6.03 Å². The van der Waals surface area contributed by atoms with Gasteiger partial charge in [0.15, 0.2) is 0 Å². The minimum absolute atomic E-state index is 0.240. The summed E-state index contributed by atoms with van der Waals surface area (Å²) in [5, 5.41) is 11.3. The van der Waals surface area contributed by atoms with Gasteiger partial charge in [-0.3, -0.25) is 5.10 Å². The molecule has 0 saturated carbocycles. The summed E-state index contributed by atoms with van der Waals surface area (Å²) < 4.78 is 0. The van der Waals surface area contributed by atoms with E-state index < -0.39 is 0 Å². The molecule has 0 radical (unpaired) electrons. The Hall–Kier alpha value is -1.72. The molecule has 1 aromatic heterocycles. The van der Waals surface area contributed by atoms with E-state index >= 15 is 0 Å². The predicted molar refractivity (Wildman–Crippen MR) is 44.3 cm³/mol. The maximum Gasteiger partial charge on any atom is 0.314 e. The molecule has 0 atom stereocenters. The number of nitrogens with one attached hydrogen (secondary N) is 3. The number of aromatic nitrogens is 2. The number of carbonyl (C=O) groups is 1. The number of aromatic amines is 1. The molecule has 1 heterocycles. The van der Waals surface area contributed by atoms with Gasteiger partial charge >= 0.3 is 6.03 Å². The van der Waals surface area contributed by atoms with E-state index in [2.05, 4.69) is 20.8 Å². The van der Waals surface area contributed by atoms with Crippen molar-refractivity contribution in [1.29, 1.82) is 0 Å². The van der Waals surface area contributed by atoms with Crippen LogP contribution in [0, 0.1) is 0 Å². The van der Waals surface area contributed by atoms with Gasteiger partial charge in [0.05, 0.1) is 6.20 Å². The van der Waals surface area contributed by atoms with E-state index in [4.69, 9.17) is 5.73 Å². The van der Waals surface area contributed by atoms with Gasteiger partial charge in [0, 0.05) is 19.2 Å². The zero-order valence-corrected chi connectivity index (χ0v) is 6.72. The third-order valence-electron chi connectivity index (χ3n) is 1.42. The Labute approximate surface area is 69.5 Å². The minimum Gasteiger partial charge on any atom is -0.384 e. The van der Waals surface area contributed by atoms with Crippen LogP contribution < -0.4 is 16.4 Å². The average Bonchev–Trinajstić information content (AvgIpc) is 2.47. The topological polar surface area (TPSA) is 95.8 Å². The molecule has 0 fully saturated rings. The van der Waals surface area contributed by atoms with E-state index in [0.29, 0.717) is 12.4 Å². The number of nitrogens with two attached hydrogens (primary N) is 1. The van der Waals surface area contributed by atoms with Crippen LogP contribution in [0.3, 0.4) is 0 Å². The lowest BCUT2D eigenvalue weighted by atomic mass is 10.3. The second-order valence-electron chi connectivity index (χ2n) is 2.24. The Morgan fingerprint density at radius 1 is 1.83 bits per heavy atom. The molecule has 0 aliphatic heterocycles. The van der Waals surface area contributed by atoms with Crippen molar-refractivity contribution in [3.8, 4) is 0 Å². The molecule has 1 rings (SSSR count). The van der Waals surface area contributed by atoms with Crippen LogP contribution in [0.25, 0.3) is 0 Å². The summed E-state index contributed by atoms with van der Waals surface area (Å²) in [4.78, 5) is 10.7. The van der Waals surface area contributed by atoms with Crippen molar-refractivity contribution in [3.63, 3.8) is 0 Å². The van der Waals surface area contributed by atoms with Crippen LogP contribution in [-0.2, 0) is 6.54 Å². The summed E-state index contributed by atoms with van der Waals surface area (Å²) in [6.07, 6.45) is 1.57. The smallest absolute Gasteiger partial charge is 0.314 e. The monoisotopic (exact) mass is 169 g/mol. The van der Waals surface area contributed by atoms with E-state index in [1.807, 2.05) is 0 Å². The van der Waals surface area contributed by atoms with Gasteiger partial charge in [0.2, 0.25) is 0 Å². The maximum absolute atomic E-state index is 10.7. The molecule has 5 N–H and O–H groups in total. The Balaban J connectivity index is 2.43. The molecule has 2 amide bonds. The lowest BCUT2D eigenvalue weighted by Gasteiger charge is -2.01. The Kier molecular flexibility index (Phi) is 2.52. The van der Waals surface area contributed by atoms with E-state index in [9.17, 15) is 4.79 Å². The van der Waals surface area contributed by atoms with Gasteiger partial charge in [-0.2, -0.15) is 5.10 Å². The molecule has 0 saturated heterocycles. The van der Waals surface area contributed by atoms with E-state index in [1.165, 1.54) is 0 Å². The van der Waals surface area contributed by atoms with Gasteiger partial charge < -0.3 is 16.4 Å². The number of rotatable bonds is 2. The number of hydrogen-bond donors (Lipinski definition) is 4. The predicted octanol–water partition coefficient (Wildman–Crippen LogP) is -0.579. The summed E-state index contributed by atoms with van der Waals surface area (Å²) >= 11 is 0. The summed E-state index contributed by atoms with van der Waals surface area (Å²) in [5.41, 5.74) is 6.25. The number of nitrogen functional groups attached to an aromatic ring is 1. The van der Waals surface area contributed by atoms with Crippen LogP contribution in [-0.4, -0.2) is 23.3 Å². The molecule has 0 bridgehead atoms. The average molecular weight is 169 g/mol. The minimum atomic E-state index is -0.240. The standard InChI is InChI=1S/C6H11N5O/c1-8-6(12)9-2-4-3-10-11-5(4)7/h3H,2H2,1H3,(H3,7,10,11)(H2,8,9,12). The van der Waals surface area contributed by atoms with Crippen LogP contribution in [0.4, 0.5) is 10.6 Å². The summed E-state index contributed by atoms with van der Waals surface area (Å²) in [6.45, 7) is 0.377. The van der Waals surface area contributed by atoms with Crippen molar-refractivity contribution >= 4 is 11.8 Å². The molecule has 66 valence electrons. The van der Waals surface area contributed by atoms with Gasteiger partial charge in [-0.15, -0.1) is 0 Å². The fourth-order valence-electron chi connectivity index (χ4n) is 0.726. The number of anilines is 1. The van der Waals surface area contributed by atoms with Crippen LogP contribution in [0.5, 0.6) is 0 Å². The highest BCUT2D eigenvalue weighted by Crippen LogP contribution is 2.03. The molecule has 12 heavy (non-hydrogen) atoms. The Morgan fingerprint density at radius 3 is 3.08 bits per heavy atom. The Morgan fingerprint density at radius 2 is 2.58 bits per heavy atom. The first-order valence-electron chi connectivity index (χ1n) is 3.47. The largest absolute Gasteiger partial charge is 0.384 e. The quantitative estimate of drug-likeness (QED) is 0.477. The van der Waals surface area contributed by atoms with Gasteiger partial charge in [0.1, 0.15) is 5.82 Å². The SMILES string of the molecule is CNC(=O)NCc1cn[nH]c1N. The molecule has 0 unspecified atom stereocenters. The van der Waals surface area contributed by atoms with E-state index in [1.54, 1.807) is 13.2 Å². The van der Waals surface area contributed by atoms with Gasteiger partial charge in [-0.1, -0.05) is 0 Å². The number of nitrogens with zero attached hydrogens (tertiary/aromatic N) is 1. The number of carbonyl (C=O) groups excluding carboxylic acids is 1. The summed E-state index contributed by atoms with van der Waals surface area (Å²) in [6, 6.07) is -0.240. The first-order chi connectivity index (χ1) is 5.74. The van der Waals surface area contributed by atoms with Crippen molar-refractivity contribution in [2.75, 3.05) is 12.8 Å². The third-order valence-corrected chi connectivity index (χ3v) is 1.42. The van der Waals surface area contributed by atoms with Gasteiger partial charge in [-0.25, -0.2) is 4.79 Å². The van der Waals surface area contributed by atoms with Crippen molar-refractivity contribution < 1.29 is 4.79 Å². The first kappa shape index (κ1) is 8.38. The number of hydrogen-bond acceptors (Lipinski definition) is 3. The molecule has 0 aliphatic rings. The first-order valence-corrected chi connectivity index (χ1v) is 3.47. The lowest BCUT2D eigenvalue weighted by molar-refractivity contribution is 0.242. The zero-order chi connectivity index (χ0) is 8.97. The maximum atomic E-state index is 10.7. The molecular weight excluding hydrogens is 158 g/mol. The van der Waals surface area contributed by atoms with Crippen LogP contribution in [0.2, 0.25) is 0 Å². The van der Waals surface area contributed by atoms with E-state index in [0.717, 1.165) is 5.56 Å². The molecule has 0 aromatic carbocycles. The van der Waals surface area contributed by atoms with Crippen LogP contribution >= 0.6 is 0 Å². The fourth-order valence-corrected chi connectivity index (χ4v) is 0.726. The van der Waals surface area contributed by atoms with Crippen molar-refractivity contribution in [1.82, 2.24) is 20.8 Å². The normalized spacial score (nSPS) is 9.42. The lowest BCUT2D eigenvalue weighted by Crippen LogP contribution is -2.32. The third kappa shape index (κ3) is 1.88. The molecule has 1 aromatic rings. The van der Waals surface area contributed by atoms with Crippen LogP contribution in [0.1, 0.15) is 5.56 Å². The van der Waals surface area contributed by atoms with Gasteiger partial charge in [-0.05, 0) is 0 Å². The molecule has 6 nitrogen and oxygen atoms in total. The summed E-state index contributed by atoms with van der Waals surface area (Å²) in [7, 11) is 1.55. The van der Waals surface area contributed by atoms with Crippen LogP contribution in [0.15, 0.2) is 6.20 Å². The fraction of sp³-hybridized carbons (Fsp3) is 0.333. The molecular formula is C6H11N5O. The second kappa shape index (κ2) is 3.61. The van der Waals surface area contributed by atoms with Crippen molar-refractivity contribution in [2.24, 2.45) is 0 Å². The highest BCUT2D eigenvalue weighted by atomic mass is 16.2. The Bertz CT molecular complexity index is 269. The summed E-state index contributed by atoms with van der Waals surface area (Å²) in [5.74, 6) is 0.478. The number of amides is 2. The van der Waals surface area contributed by atoms with Crippen molar-refractivity contribution in [3.05, 3.63) is 11.8 Å².